The van der Waals surface area contributed by atoms with Gasteiger partial charge in [-0.25, -0.2) is 0 Å². The standard InChI is InChI=1S/2C17H21NO2/c2*1-4-18(5-2)17(19)13(3)20-16-12-8-10-14-9-6-7-11-15(14)16/h2*6-13H,4-5H2,1-3H3/t2*13-/m00/s1. The van der Waals surface area contributed by atoms with Gasteiger partial charge in [0.1, 0.15) is 11.5 Å². The van der Waals surface area contributed by atoms with Crippen LogP contribution in [0.4, 0.5) is 0 Å². The average Bonchev–Trinajstić information content (AvgIpc) is 2.99. The summed E-state index contributed by atoms with van der Waals surface area (Å²) in [4.78, 5) is 28.1. The molecular formula is C34H42N2O4. The highest BCUT2D eigenvalue weighted by atomic mass is 16.5. The van der Waals surface area contributed by atoms with Crippen molar-refractivity contribution in [1.82, 2.24) is 9.80 Å². The van der Waals surface area contributed by atoms with Gasteiger partial charge in [0, 0.05) is 37.0 Å². The number of nitrogens with zero attached hydrogens (tertiary/aromatic N) is 2. The second-order valence-electron chi connectivity index (χ2n) is 9.50. The van der Waals surface area contributed by atoms with E-state index < -0.39 is 12.2 Å². The molecule has 4 rings (SSSR count). The Balaban J connectivity index is 0.000000220. The first-order valence-electron chi connectivity index (χ1n) is 14.2. The van der Waals surface area contributed by atoms with Crippen LogP contribution in [0.1, 0.15) is 41.5 Å². The molecule has 4 aromatic carbocycles. The lowest BCUT2D eigenvalue weighted by Gasteiger charge is -2.23. The summed E-state index contributed by atoms with van der Waals surface area (Å²) >= 11 is 0. The van der Waals surface area contributed by atoms with Crippen LogP contribution in [-0.2, 0) is 9.59 Å². The van der Waals surface area contributed by atoms with Gasteiger partial charge < -0.3 is 19.3 Å². The Hall–Kier alpha value is -4.06. The van der Waals surface area contributed by atoms with E-state index in [0.717, 1.165) is 33.0 Å². The van der Waals surface area contributed by atoms with Gasteiger partial charge in [-0.15, -0.1) is 0 Å². The first kappa shape index (κ1) is 30.5. The van der Waals surface area contributed by atoms with Crippen LogP contribution in [0, 0.1) is 0 Å². The van der Waals surface area contributed by atoms with Gasteiger partial charge in [0.15, 0.2) is 12.2 Å². The summed E-state index contributed by atoms with van der Waals surface area (Å²) in [6.45, 7) is 14.4. The number of rotatable bonds is 10. The quantitative estimate of drug-likeness (QED) is 0.218. The smallest absolute Gasteiger partial charge is 0.263 e. The molecule has 0 aliphatic carbocycles. The maximum atomic E-state index is 12.2. The molecule has 0 aliphatic heterocycles. The molecule has 0 saturated carbocycles. The summed E-state index contributed by atoms with van der Waals surface area (Å²) in [6.07, 6.45) is -0.943. The molecule has 6 heteroatoms. The third-order valence-corrected chi connectivity index (χ3v) is 6.95. The molecule has 0 N–H and O–H groups in total. The second-order valence-corrected chi connectivity index (χ2v) is 9.50. The predicted molar refractivity (Wildman–Crippen MR) is 164 cm³/mol. The molecule has 0 saturated heterocycles. The van der Waals surface area contributed by atoms with E-state index in [-0.39, 0.29) is 11.8 Å². The van der Waals surface area contributed by atoms with E-state index >= 15 is 0 Å². The second kappa shape index (κ2) is 14.9. The molecule has 0 unspecified atom stereocenters. The van der Waals surface area contributed by atoms with Crippen LogP contribution in [0.3, 0.4) is 0 Å². The van der Waals surface area contributed by atoms with E-state index in [9.17, 15) is 9.59 Å². The van der Waals surface area contributed by atoms with Gasteiger partial charge in [0.25, 0.3) is 11.8 Å². The van der Waals surface area contributed by atoms with Crippen molar-refractivity contribution in [3.8, 4) is 11.5 Å². The molecule has 6 nitrogen and oxygen atoms in total. The fourth-order valence-electron chi connectivity index (χ4n) is 4.66. The van der Waals surface area contributed by atoms with Crippen LogP contribution in [0.15, 0.2) is 84.9 Å². The van der Waals surface area contributed by atoms with E-state index in [1.165, 1.54) is 0 Å². The van der Waals surface area contributed by atoms with Crippen molar-refractivity contribution in [2.45, 2.75) is 53.8 Å². The molecule has 2 atom stereocenters. The zero-order valence-corrected chi connectivity index (χ0v) is 24.6. The molecule has 212 valence electrons. The van der Waals surface area contributed by atoms with Crippen LogP contribution in [-0.4, -0.2) is 60.0 Å². The van der Waals surface area contributed by atoms with Crippen LogP contribution < -0.4 is 9.47 Å². The lowest BCUT2D eigenvalue weighted by atomic mass is 10.1. The molecule has 0 aromatic heterocycles. The first-order valence-corrected chi connectivity index (χ1v) is 14.2. The third kappa shape index (κ3) is 7.53. The Kier molecular flexibility index (Phi) is 11.4. The predicted octanol–water partition coefficient (Wildman–Crippen LogP) is 6.95. The minimum absolute atomic E-state index is 0.0305. The molecule has 0 aliphatic rings. The molecule has 4 aromatic rings. The van der Waals surface area contributed by atoms with Gasteiger partial charge in [0.05, 0.1) is 0 Å². The summed E-state index contributed by atoms with van der Waals surface area (Å²) in [5, 5.41) is 4.31. The maximum absolute atomic E-state index is 12.2. The lowest BCUT2D eigenvalue weighted by molar-refractivity contribution is -0.138. The van der Waals surface area contributed by atoms with Gasteiger partial charge in [-0.2, -0.15) is 0 Å². The molecule has 0 radical (unpaired) electrons. The topological polar surface area (TPSA) is 59.1 Å². The highest BCUT2D eigenvalue weighted by Gasteiger charge is 2.21. The summed E-state index contributed by atoms with van der Waals surface area (Å²) in [7, 11) is 0. The van der Waals surface area contributed by atoms with Crippen molar-refractivity contribution in [1.29, 1.82) is 0 Å². The van der Waals surface area contributed by atoms with Gasteiger partial charge >= 0.3 is 0 Å². The Morgan fingerprint density at radius 1 is 0.550 bits per heavy atom. The number of amides is 2. The van der Waals surface area contributed by atoms with Gasteiger partial charge in [-0.1, -0.05) is 72.8 Å². The minimum Gasteiger partial charge on any atom is -0.480 e. The van der Waals surface area contributed by atoms with Gasteiger partial charge in [-0.3, -0.25) is 9.59 Å². The number of carbonyl (C=O) groups excluding carboxylic acids is 2. The maximum Gasteiger partial charge on any atom is 0.263 e. The van der Waals surface area contributed by atoms with E-state index in [1.807, 2.05) is 126 Å². The number of hydrogen-bond acceptors (Lipinski definition) is 4. The number of likely N-dealkylation sites (N-methyl/N-ethyl adjacent to an activating group) is 2. The average molecular weight is 543 g/mol. The number of hydrogen-bond donors (Lipinski definition) is 0. The molecule has 0 fully saturated rings. The number of ether oxygens (including phenoxy) is 2. The summed E-state index contributed by atoms with van der Waals surface area (Å²) in [5.74, 6) is 1.58. The zero-order valence-electron chi connectivity index (χ0n) is 24.6. The van der Waals surface area contributed by atoms with E-state index in [4.69, 9.17) is 9.47 Å². The van der Waals surface area contributed by atoms with E-state index in [0.29, 0.717) is 26.2 Å². The summed E-state index contributed by atoms with van der Waals surface area (Å²) in [6, 6.07) is 27.9. The minimum atomic E-state index is -0.472. The first-order chi connectivity index (χ1) is 19.3. The molecule has 0 bridgehead atoms. The van der Waals surface area contributed by atoms with Crippen LogP contribution in [0.5, 0.6) is 11.5 Å². The van der Waals surface area contributed by atoms with Crippen LogP contribution in [0.25, 0.3) is 21.5 Å². The number of carbonyl (C=O) groups is 2. The SMILES string of the molecule is CCN(CC)C(=O)[C@H](C)Oc1cccc2ccccc12.CCN(CC)C(=O)[C@H](C)Oc1cccc2ccccc12. The highest BCUT2D eigenvalue weighted by molar-refractivity contribution is 5.90. The molecule has 40 heavy (non-hydrogen) atoms. The highest BCUT2D eigenvalue weighted by Crippen LogP contribution is 2.27. The van der Waals surface area contributed by atoms with Crippen molar-refractivity contribution in [2.75, 3.05) is 26.2 Å². The third-order valence-electron chi connectivity index (χ3n) is 6.95. The van der Waals surface area contributed by atoms with Crippen molar-refractivity contribution in [3.63, 3.8) is 0 Å². The van der Waals surface area contributed by atoms with Crippen molar-refractivity contribution in [3.05, 3.63) is 84.9 Å². The van der Waals surface area contributed by atoms with Crippen molar-refractivity contribution >= 4 is 33.4 Å². The van der Waals surface area contributed by atoms with Gasteiger partial charge in [-0.05, 0) is 64.4 Å². The zero-order chi connectivity index (χ0) is 29.1. The molecular weight excluding hydrogens is 500 g/mol. The normalized spacial score (nSPS) is 12.2. The van der Waals surface area contributed by atoms with Crippen LogP contribution in [0.2, 0.25) is 0 Å². The fourth-order valence-corrected chi connectivity index (χ4v) is 4.66. The monoisotopic (exact) mass is 542 g/mol. The van der Waals surface area contributed by atoms with Crippen molar-refractivity contribution < 1.29 is 19.1 Å². The lowest BCUT2D eigenvalue weighted by Crippen LogP contribution is -2.40. The molecule has 2 amide bonds. The Labute approximate surface area is 238 Å². The summed E-state index contributed by atoms with van der Waals surface area (Å²) < 4.78 is 11.8. The Morgan fingerprint density at radius 3 is 1.23 bits per heavy atom. The number of fused-ring (bicyclic) bond motifs is 2. The number of benzene rings is 4. The summed E-state index contributed by atoms with van der Waals surface area (Å²) in [5.41, 5.74) is 0. The van der Waals surface area contributed by atoms with Gasteiger partial charge in [0.2, 0.25) is 0 Å². The Morgan fingerprint density at radius 2 is 0.875 bits per heavy atom. The molecule has 0 spiro atoms. The largest absolute Gasteiger partial charge is 0.480 e. The fraction of sp³-hybridized carbons (Fsp3) is 0.353. The Bertz CT molecular complexity index is 1280. The molecule has 0 heterocycles. The van der Waals surface area contributed by atoms with Crippen LogP contribution >= 0.6 is 0 Å². The van der Waals surface area contributed by atoms with Crippen molar-refractivity contribution in [2.24, 2.45) is 0 Å². The van der Waals surface area contributed by atoms with E-state index in [2.05, 4.69) is 0 Å². The van der Waals surface area contributed by atoms with E-state index in [1.54, 1.807) is 9.80 Å².